The van der Waals surface area contributed by atoms with Crippen LogP contribution >= 0.6 is 11.8 Å². The van der Waals surface area contributed by atoms with Crippen molar-refractivity contribution >= 4 is 17.6 Å². The summed E-state index contributed by atoms with van der Waals surface area (Å²) in [5, 5.41) is 18.3. The molecule has 0 saturated carbocycles. The SMILES string of the molecule is CCn1c(SCC(C)C(N)=NO)n[nH]c1=O. The first kappa shape index (κ1) is 12.6. The summed E-state index contributed by atoms with van der Waals surface area (Å²) in [5.74, 6) is 0.695. The van der Waals surface area contributed by atoms with E-state index in [1.807, 2.05) is 13.8 Å². The third-order valence-electron chi connectivity index (χ3n) is 2.12. The van der Waals surface area contributed by atoms with Crippen molar-refractivity contribution in [2.45, 2.75) is 25.5 Å². The maximum atomic E-state index is 11.2. The fourth-order valence-electron chi connectivity index (χ4n) is 1.08. The second-order valence-corrected chi connectivity index (χ2v) is 4.28. The molecular formula is C8H15N5O2S. The minimum atomic E-state index is -0.221. The lowest BCUT2D eigenvalue weighted by Gasteiger charge is -2.08. The molecule has 4 N–H and O–H groups in total. The molecule has 1 aromatic heterocycles. The normalized spacial score (nSPS) is 14.0. The zero-order valence-electron chi connectivity index (χ0n) is 9.17. The molecule has 0 fully saturated rings. The molecule has 1 rings (SSSR count). The maximum Gasteiger partial charge on any atom is 0.343 e. The lowest BCUT2D eigenvalue weighted by atomic mass is 10.2. The number of oxime groups is 1. The molecule has 90 valence electrons. The van der Waals surface area contributed by atoms with Gasteiger partial charge in [-0.15, -0.1) is 5.10 Å². The Morgan fingerprint density at radius 2 is 2.50 bits per heavy atom. The molecule has 16 heavy (non-hydrogen) atoms. The van der Waals surface area contributed by atoms with Crippen LogP contribution in [-0.2, 0) is 6.54 Å². The highest BCUT2D eigenvalue weighted by atomic mass is 32.2. The van der Waals surface area contributed by atoms with E-state index in [2.05, 4.69) is 15.4 Å². The van der Waals surface area contributed by atoms with Crippen LogP contribution in [0.5, 0.6) is 0 Å². The van der Waals surface area contributed by atoms with Gasteiger partial charge in [-0.25, -0.2) is 9.89 Å². The average molecular weight is 245 g/mol. The summed E-state index contributed by atoms with van der Waals surface area (Å²) in [5.41, 5.74) is 5.23. The molecule has 1 aromatic rings. The van der Waals surface area contributed by atoms with E-state index in [4.69, 9.17) is 10.9 Å². The molecule has 1 heterocycles. The van der Waals surface area contributed by atoms with E-state index in [1.165, 1.54) is 16.3 Å². The number of hydrogen-bond donors (Lipinski definition) is 3. The van der Waals surface area contributed by atoms with E-state index in [0.717, 1.165) is 0 Å². The molecule has 1 unspecified atom stereocenters. The van der Waals surface area contributed by atoms with Crippen LogP contribution in [0.2, 0.25) is 0 Å². The second kappa shape index (κ2) is 5.59. The molecule has 8 heteroatoms. The van der Waals surface area contributed by atoms with Crippen molar-refractivity contribution in [2.75, 3.05) is 5.75 Å². The lowest BCUT2D eigenvalue weighted by Crippen LogP contribution is -2.23. The van der Waals surface area contributed by atoms with Crippen molar-refractivity contribution in [1.29, 1.82) is 0 Å². The summed E-state index contributed by atoms with van der Waals surface area (Å²) in [4.78, 5) is 11.2. The Hall–Kier alpha value is -1.44. The standard InChI is InChI=1S/C8H15N5O2S/c1-3-13-7(14)10-11-8(13)16-4-5(2)6(9)12-15/h5,15H,3-4H2,1-2H3,(H2,9,12)(H,10,14). The van der Waals surface area contributed by atoms with Gasteiger partial charge >= 0.3 is 5.69 Å². The van der Waals surface area contributed by atoms with Gasteiger partial charge in [0.05, 0.1) is 0 Å². The highest BCUT2D eigenvalue weighted by molar-refractivity contribution is 7.99. The zero-order chi connectivity index (χ0) is 12.1. The lowest BCUT2D eigenvalue weighted by molar-refractivity contribution is 0.315. The number of aromatic nitrogens is 3. The number of rotatable bonds is 5. The molecule has 0 saturated heterocycles. The molecule has 0 aliphatic heterocycles. The van der Waals surface area contributed by atoms with Gasteiger partial charge < -0.3 is 10.9 Å². The molecule has 0 aromatic carbocycles. The zero-order valence-corrected chi connectivity index (χ0v) is 9.99. The highest BCUT2D eigenvalue weighted by Crippen LogP contribution is 2.16. The van der Waals surface area contributed by atoms with E-state index in [0.29, 0.717) is 17.5 Å². The van der Waals surface area contributed by atoms with E-state index in [9.17, 15) is 4.79 Å². The predicted molar refractivity (Wildman–Crippen MR) is 61.8 cm³/mol. The van der Waals surface area contributed by atoms with Gasteiger partial charge in [0.2, 0.25) is 0 Å². The van der Waals surface area contributed by atoms with Crippen molar-refractivity contribution in [1.82, 2.24) is 14.8 Å². The number of nitrogens with zero attached hydrogens (tertiary/aromatic N) is 3. The van der Waals surface area contributed by atoms with Crippen LogP contribution in [0.25, 0.3) is 0 Å². The molecule has 0 amide bonds. The van der Waals surface area contributed by atoms with Crippen LogP contribution in [0.4, 0.5) is 0 Å². The number of amidine groups is 1. The van der Waals surface area contributed by atoms with E-state index < -0.39 is 0 Å². The third kappa shape index (κ3) is 2.78. The maximum absolute atomic E-state index is 11.2. The average Bonchev–Trinajstić information content (AvgIpc) is 2.65. The first-order valence-corrected chi connectivity index (χ1v) is 5.84. The van der Waals surface area contributed by atoms with Gasteiger partial charge in [-0.05, 0) is 6.92 Å². The van der Waals surface area contributed by atoms with Crippen molar-refractivity contribution < 1.29 is 5.21 Å². The Kier molecular flexibility index (Phi) is 4.41. The van der Waals surface area contributed by atoms with Gasteiger partial charge in [0.1, 0.15) is 5.84 Å². The Bertz CT molecular complexity index is 424. The van der Waals surface area contributed by atoms with E-state index in [1.54, 1.807) is 0 Å². The quantitative estimate of drug-likeness (QED) is 0.223. The van der Waals surface area contributed by atoms with Crippen molar-refractivity contribution in [3.05, 3.63) is 10.5 Å². The summed E-state index contributed by atoms with van der Waals surface area (Å²) in [6.07, 6.45) is 0. The summed E-state index contributed by atoms with van der Waals surface area (Å²) >= 11 is 1.39. The summed E-state index contributed by atoms with van der Waals surface area (Å²) < 4.78 is 1.53. The Morgan fingerprint density at radius 3 is 3.06 bits per heavy atom. The number of nitrogens with one attached hydrogen (secondary N) is 1. The summed E-state index contributed by atoms with van der Waals surface area (Å²) in [7, 11) is 0. The van der Waals surface area contributed by atoms with Gasteiger partial charge in [-0.2, -0.15) is 0 Å². The Morgan fingerprint density at radius 1 is 1.81 bits per heavy atom. The van der Waals surface area contributed by atoms with Crippen LogP contribution < -0.4 is 11.4 Å². The van der Waals surface area contributed by atoms with E-state index >= 15 is 0 Å². The number of H-pyrrole nitrogens is 1. The summed E-state index contributed by atoms with van der Waals surface area (Å²) in [6.45, 7) is 4.27. The first-order valence-electron chi connectivity index (χ1n) is 4.85. The van der Waals surface area contributed by atoms with Gasteiger partial charge in [-0.3, -0.25) is 4.57 Å². The number of thioether (sulfide) groups is 1. The van der Waals surface area contributed by atoms with Gasteiger partial charge in [-0.1, -0.05) is 23.8 Å². The van der Waals surface area contributed by atoms with Crippen LogP contribution in [0.15, 0.2) is 15.1 Å². The topological polar surface area (TPSA) is 109 Å². The fourth-order valence-corrected chi connectivity index (χ4v) is 2.12. The van der Waals surface area contributed by atoms with Crippen molar-refractivity contribution in [3.63, 3.8) is 0 Å². The van der Waals surface area contributed by atoms with E-state index in [-0.39, 0.29) is 17.4 Å². The second-order valence-electron chi connectivity index (χ2n) is 3.29. The monoisotopic (exact) mass is 245 g/mol. The molecule has 1 atom stereocenters. The van der Waals surface area contributed by atoms with Gasteiger partial charge in [0.15, 0.2) is 5.16 Å². The molecule has 0 radical (unpaired) electrons. The summed E-state index contributed by atoms with van der Waals surface area (Å²) in [6, 6.07) is 0. The van der Waals surface area contributed by atoms with Crippen LogP contribution in [0.3, 0.4) is 0 Å². The molecule has 0 aliphatic rings. The molecule has 7 nitrogen and oxygen atoms in total. The predicted octanol–water partition coefficient (Wildman–Crippen LogP) is 0.0659. The number of hydrogen-bond acceptors (Lipinski definition) is 5. The Balaban J connectivity index is 2.65. The molecule has 0 aliphatic carbocycles. The first-order chi connectivity index (χ1) is 7.60. The molecular weight excluding hydrogens is 230 g/mol. The van der Waals surface area contributed by atoms with Crippen LogP contribution in [0.1, 0.15) is 13.8 Å². The van der Waals surface area contributed by atoms with Gasteiger partial charge in [0, 0.05) is 18.2 Å². The largest absolute Gasteiger partial charge is 0.409 e. The number of nitrogens with two attached hydrogens (primary N) is 1. The van der Waals surface area contributed by atoms with Gasteiger partial charge in [0.25, 0.3) is 0 Å². The third-order valence-corrected chi connectivity index (χ3v) is 3.36. The minimum absolute atomic E-state index is 0.0768. The highest BCUT2D eigenvalue weighted by Gasteiger charge is 2.12. The minimum Gasteiger partial charge on any atom is -0.409 e. The van der Waals surface area contributed by atoms with Crippen molar-refractivity contribution in [2.24, 2.45) is 16.8 Å². The number of aromatic amines is 1. The smallest absolute Gasteiger partial charge is 0.343 e. The molecule has 0 spiro atoms. The van der Waals surface area contributed by atoms with Crippen LogP contribution in [0, 0.1) is 5.92 Å². The van der Waals surface area contributed by atoms with Crippen LogP contribution in [-0.4, -0.2) is 31.6 Å². The Labute approximate surface area is 96.7 Å². The van der Waals surface area contributed by atoms with Crippen molar-refractivity contribution in [3.8, 4) is 0 Å². The fraction of sp³-hybridized carbons (Fsp3) is 0.625. The molecule has 0 bridgehead atoms.